The molecule has 0 atom stereocenters. The second kappa shape index (κ2) is 5.61. The van der Waals surface area contributed by atoms with Crippen molar-refractivity contribution in [3.8, 4) is 0 Å². The van der Waals surface area contributed by atoms with Crippen molar-refractivity contribution in [3.63, 3.8) is 0 Å². The molecule has 1 aliphatic heterocycles. The maximum atomic E-state index is 12.3. The molecular formula is C15H21NO3. The van der Waals surface area contributed by atoms with Crippen LogP contribution >= 0.6 is 0 Å². The summed E-state index contributed by atoms with van der Waals surface area (Å²) in [7, 11) is 0. The van der Waals surface area contributed by atoms with Gasteiger partial charge in [0.25, 0.3) is 0 Å². The fourth-order valence-corrected chi connectivity index (χ4v) is 2.11. The van der Waals surface area contributed by atoms with Crippen LogP contribution in [0.2, 0.25) is 0 Å². The summed E-state index contributed by atoms with van der Waals surface area (Å²) in [5.74, 6) is -0.191. The van der Waals surface area contributed by atoms with Crippen molar-refractivity contribution in [2.24, 2.45) is 0 Å². The van der Waals surface area contributed by atoms with E-state index in [0.717, 1.165) is 18.4 Å². The van der Waals surface area contributed by atoms with Crippen LogP contribution in [0.1, 0.15) is 32.3 Å². The maximum absolute atomic E-state index is 12.3. The Bertz CT molecular complexity index is 433. The van der Waals surface area contributed by atoms with Gasteiger partial charge < -0.3 is 15.2 Å². The largest absolute Gasteiger partial charge is 0.462 e. The molecule has 2 N–H and O–H groups in total. The van der Waals surface area contributed by atoms with Crippen LogP contribution in [0.25, 0.3) is 0 Å². The van der Waals surface area contributed by atoms with Crippen LogP contribution in [-0.2, 0) is 19.7 Å². The average molecular weight is 263 g/mol. The summed E-state index contributed by atoms with van der Waals surface area (Å²) in [4.78, 5) is 12.3. The molecule has 0 aliphatic carbocycles. The fraction of sp³-hybridized carbons (Fsp3) is 0.533. The Morgan fingerprint density at radius 2 is 1.84 bits per heavy atom. The lowest BCUT2D eigenvalue weighted by Crippen LogP contribution is -2.36. The predicted molar refractivity (Wildman–Crippen MR) is 73.8 cm³/mol. The average Bonchev–Trinajstić information content (AvgIpc) is 2.40. The first-order chi connectivity index (χ1) is 9.00. The minimum absolute atomic E-state index is 0.0192. The molecule has 4 heteroatoms. The number of carbonyl (C=O) groups excluding carboxylic acids is 1. The highest BCUT2D eigenvalue weighted by Crippen LogP contribution is 2.27. The molecule has 2 rings (SSSR count). The van der Waals surface area contributed by atoms with Crippen LogP contribution in [0, 0.1) is 0 Å². The normalized spacial score (nSPS) is 17.2. The number of rotatable bonds is 3. The van der Waals surface area contributed by atoms with Crippen molar-refractivity contribution in [1.29, 1.82) is 0 Å². The Balaban J connectivity index is 2.05. The number of carbonyl (C=O) groups is 1. The van der Waals surface area contributed by atoms with Crippen molar-refractivity contribution in [2.45, 2.75) is 38.2 Å². The van der Waals surface area contributed by atoms with E-state index in [0.29, 0.717) is 18.9 Å². The summed E-state index contributed by atoms with van der Waals surface area (Å²) in [5.41, 5.74) is 6.61. The smallest absolute Gasteiger partial charge is 0.316 e. The SMILES string of the molecule is CC(C)(C(=O)OC1CCOCC1)c1ccc(N)cc1. The Labute approximate surface area is 113 Å². The van der Waals surface area contributed by atoms with Gasteiger partial charge in [-0.25, -0.2) is 0 Å². The number of benzene rings is 1. The number of hydrogen-bond acceptors (Lipinski definition) is 4. The molecule has 0 bridgehead atoms. The van der Waals surface area contributed by atoms with Crippen LogP contribution in [0.5, 0.6) is 0 Å². The third-order valence-electron chi connectivity index (χ3n) is 3.58. The Morgan fingerprint density at radius 3 is 2.42 bits per heavy atom. The van der Waals surface area contributed by atoms with E-state index in [4.69, 9.17) is 15.2 Å². The molecule has 4 nitrogen and oxygen atoms in total. The lowest BCUT2D eigenvalue weighted by molar-refractivity contribution is -0.159. The van der Waals surface area contributed by atoms with Crippen molar-refractivity contribution in [3.05, 3.63) is 29.8 Å². The molecular weight excluding hydrogens is 242 g/mol. The van der Waals surface area contributed by atoms with E-state index in [2.05, 4.69) is 0 Å². The zero-order chi connectivity index (χ0) is 13.9. The molecule has 0 saturated carbocycles. The van der Waals surface area contributed by atoms with Gasteiger partial charge in [0, 0.05) is 18.5 Å². The summed E-state index contributed by atoms with van der Waals surface area (Å²) in [5, 5.41) is 0. The number of anilines is 1. The van der Waals surface area contributed by atoms with E-state index in [1.807, 2.05) is 26.0 Å². The lowest BCUT2D eigenvalue weighted by atomic mass is 9.84. The number of ether oxygens (including phenoxy) is 2. The van der Waals surface area contributed by atoms with Crippen molar-refractivity contribution in [2.75, 3.05) is 18.9 Å². The van der Waals surface area contributed by atoms with Gasteiger partial charge in [0.2, 0.25) is 0 Å². The number of nitrogen functional groups attached to an aromatic ring is 1. The van der Waals surface area contributed by atoms with Crippen LogP contribution < -0.4 is 5.73 Å². The van der Waals surface area contributed by atoms with Crippen LogP contribution in [-0.4, -0.2) is 25.3 Å². The minimum atomic E-state index is -0.661. The Kier molecular flexibility index (Phi) is 4.10. The quantitative estimate of drug-likeness (QED) is 0.671. The minimum Gasteiger partial charge on any atom is -0.462 e. The van der Waals surface area contributed by atoms with Crippen LogP contribution in [0.3, 0.4) is 0 Å². The van der Waals surface area contributed by atoms with Gasteiger partial charge in [0.05, 0.1) is 18.6 Å². The second-order valence-corrected chi connectivity index (χ2v) is 5.46. The molecule has 0 amide bonds. The van der Waals surface area contributed by atoms with Gasteiger partial charge in [-0.1, -0.05) is 12.1 Å². The molecule has 0 spiro atoms. The lowest BCUT2D eigenvalue weighted by Gasteiger charge is -2.28. The Morgan fingerprint density at radius 1 is 1.26 bits per heavy atom. The highest BCUT2D eigenvalue weighted by atomic mass is 16.6. The molecule has 0 aromatic heterocycles. The van der Waals surface area contributed by atoms with E-state index in [9.17, 15) is 4.79 Å². The maximum Gasteiger partial charge on any atom is 0.316 e. The van der Waals surface area contributed by atoms with Crippen LogP contribution in [0.4, 0.5) is 5.69 Å². The van der Waals surface area contributed by atoms with E-state index >= 15 is 0 Å². The van der Waals surface area contributed by atoms with Gasteiger partial charge in [0.15, 0.2) is 0 Å². The molecule has 1 saturated heterocycles. The highest BCUT2D eigenvalue weighted by molar-refractivity contribution is 5.82. The van der Waals surface area contributed by atoms with Crippen molar-refractivity contribution in [1.82, 2.24) is 0 Å². The van der Waals surface area contributed by atoms with Gasteiger partial charge in [-0.05, 0) is 31.5 Å². The Hall–Kier alpha value is -1.55. The monoisotopic (exact) mass is 263 g/mol. The van der Waals surface area contributed by atoms with Crippen molar-refractivity contribution >= 4 is 11.7 Å². The zero-order valence-corrected chi connectivity index (χ0v) is 11.5. The van der Waals surface area contributed by atoms with Gasteiger partial charge in [-0.15, -0.1) is 0 Å². The molecule has 0 radical (unpaired) electrons. The summed E-state index contributed by atoms with van der Waals surface area (Å²) in [6, 6.07) is 7.36. The third-order valence-corrected chi connectivity index (χ3v) is 3.58. The molecule has 1 fully saturated rings. The number of esters is 1. The summed E-state index contributed by atoms with van der Waals surface area (Å²) >= 11 is 0. The standard InChI is InChI=1S/C15H21NO3/c1-15(2,11-3-5-12(16)6-4-11)14(17)19-13-7-9-18-10-8-13/h3-6,13H,7-10,16H2,1-2H3. The number of nitrogens with two attached hydrogens (primary N) is 1. The fourth-order valence-electron chi connectivity index (χ4n) is 2.11. The molecule has 104 valence electrons. The second-order valence-electron chi connectivity index (χ2n) is 5.46. The summed E-state index contributed by atoms with van der Waals surface area (Å²) in [6.07, 6.45) is 1.54. The third kappa shape index (κ3) is 3.26. The number of hydrogen-bond donors (Lipinski definition) is 1. The van der Waals surface area contributed by atoms with E-state index in [-0.39, 0.29) is 12.1 Å². The predicted octanol–water partition coefficient (Wildman–Crippen LogP) is 2.27. The molecule has 1 aromatic carbocycles. The van der Waals surface area contributed by atoms with Gasteiger partial charge in [-0.3, -0.25) is 4.79 Å². The first-order valence-electron chi connectivity index (χ1n) is 6.65. The molecule has 0 unspecified atom stereocenters. The highest BCUT2D eigenvalue weighted by Gasteiger charge is 2.33. The van der Waals surface area contributed by atoms with Crippen LogP contribution in [0.15, 0.2) is 24.3 Å². The van der Waals surface area contributed by atoms with E-state index in [1.54, 1.807) is 12.1 Å². The molecule has 1 aromatic rings. The topological polar surface area (TPSA) is 61.5 Å². The van der Waals surface area contributed by atoms with E-state index in [1.165, 1.54) is 0 Å². The summed E-state index contributed by atoms with van der Waals surface area (Å²) in [6.45, 7) is 5.08. The molecule has 1 aliphatic rings. The first kappa shape index (κ1) is 13.9. The molecule has 19 heavy (non-hydrogen) atoms. The van der Waals surface area contributed by atoms with Gasteiger partial charge in [0.1, 0.15) is 6.10 Å². The zero-order valence-electron chi connectivity index (χ0n) is 11.5. The van der Waals surface area contributed by atoms with Gasteiger partial charge in [-0.2, -0.15) is 0 Å². The summed E-state index contributed by atoms with van der Waals surface area (Å²) < 4.78 is 10.9. The van der Waals surface area contributed by atoms with Gasteiger partial charge >= 0.3 is 5.97 Å². The first-order valence-corrected chi connectivity index (χ1v) is 6.65. The van der Waals surface area contributed by atoms with Crippen molar-refractivity contribution < 1.29 is 14.3 Å². The van der Waals surface area contributed by atoms with E-state index < -0.39 is 5.41 Å². The molecule has 1 heterocycles.